The maximum absolute atomic E-state index is 11.4. The first-order valence-electron chi connectivity index (χ1n) is 6.09. The van der Waals surface area contributed by atoms with Crippen molar-refractivity contribution in [3.63, 3.8) is 0 Å². The van der Waals surface area contributed by atoms with E-state index in [1.807, 2.05) is 24.6 Å². The van der Waals surface area contributed by atoms with Crippen LogP contribution in [-0.2, 0) is 11.3 Å². The quantitative estimate of drug-likeness (QED) is 0.661. The number of hydrogen-bond donors (Lipinski definition) is 2. The molecule has 5 nitrogen and oxygen atoms in total. The second kappa shape index (κ2) is 6.39. The monoisotopic (exact) mass is 238 g/mol. The van der Waals surface area contributed by atoms with Crippen LogP contribution in [0, 0.1) is 0 Å². The van der Waals surface area contributed by atoms with Crippen molar-refractivity contribution in [3.8, 4) is 0 Å². The van der Waals surface area contributed by atoms with Gasteiger partial charge in [0, 0.05) is 18.9 Å². The Hall–Kier alpha value is -1.36. The maximum Gasteiger partial charge on any atom is 0.237 e. The molecule has 0 spiro atoms. The number of aryl methyl sites for hydroxylation is 1. The van der Waals surface area contributed by atoms with Gasteiger partial charge in [-0.1, -0.05) is 6.92 Å². The van der Waals surface area contributed by atoms with E-state index < -0.39 is 5.54 Å². The maximum atomic E-state index is 11.4. The lowest BCUT2D eigenvalue weighted by molar-refractivity contribution is -0.124. The van der Waals surface area contributed by atoms with Crippen LogP contribution in [0.15, 0.2) is 18.7 Å². The number of carbonyl (C=O) groups excluding carboxylic acids is 1. The molecule has 5 heteroatoms. The topological polar surface area (TPSA) is 72.9 Å². The predicted molar refractivity (Wildman–Crippen MR) is 67.4 cm³/mol. The van der Waals surface area contributed by atoms with E-state index in [1.165, 1.54) is 0 Å². The molecule has 1 aromatic heterocycles. The van der Waals surface area contributed by atoms with Gasteiger partial charge in [-0.05, 0) is 32.7 Å². The second-order valence-electron chi connectivity index (χ2n) is 4.48. The molecule has 0 aliphatic rings. The molecule has 1 heterocycles. The van der Waals surface area contributed by atoms with Crippen molar-refractivity contribution < 1.29 is 4.79 Å². The van der Waals surface area contributed by atoms with E-state index in [4.69, 9.17) is 5.73 Å². The first kappa shape index (κ1) is 13.7. The van der Waals surface area contributed by atoms with Crippen LogP contribution in [0.25, 0.3) is 0 Å². The van der Waals surface area contributed by atoms with E-state index >= 15 is 0 Å². The Kier molecular flexibility index (Phi) is 5.15. The van der Waals surface area contributed by atoms with Crippen molar-refractivity contribution in [2.75, 3.05) is 6.54 Å². The summed E-state index contributed by atoms with van der Waals surface area (Å²) in [5, 5.41) is 3.16. The SMILES string of the molecule is CCNC(C)(CCCCn1ccnc1)C(N)=O. The molecular weight excluding hydrogens is 216 g/mol. The Morgan fingerprint density at radius 1 is 1.53 bits per heavy atom. The molecule has 0 saturated carbocycles. The summed E-state index contributed by atoms with van der Waals surface area (Å²) in [5.74, 6) is -0.276. The van der Waals surface area contributed by atoms with Crippen LogP contribution >= 0.6 is 0 Å². The summed E-state index contributed by atoms with van der Waals surface area (Å²) in [6, 6.07) is 0. The number of hydrogen-bond acceptors (Lipinski definition) is 3. The van der Waals surface area contributed by atoms with Crippen molar-refractivity contribution in [2.45, 2.75) is 45.2 Å². The van der Waals surface area contributed by atoms with Gasteiger partial charge >= 0.3 is 0 Å². The fraction of sp³-hybridized carbons (Fsp3) is 0.667. The molecular formula is C12H22N4O. The number of nitrogens with zero attached hydrogens (tertiary/aromatic N) is 2. The lowest BCUT2D eigenvalue weighted by Crippen LogP contribution is -2.52. The van der Waals surface area contributed by atoms with Crippen molar-refractivity contribution >= 4 is 5.91 Å². The molecule has 1 amide bonds. The number of carbonyl (C=O) groups is 1. The average Bonchev–Trinajstić information content (AvgIpc) is 2.77. The number of nitrogens with two attached hydrogens (primary N) is 1. The smallest absolute Gasteiger partial charge is 0.237 e. The highest BCUT2D eigenvalue weighted by Gasteiger charge is 2.28. The van der Waals surface area contributed by atoms with Gasteiger partial charge in [0.25, 0.3) is 0 Å². The Morgan fingerprint density at radius 3 is 2.82 bits per heavy atom. The zero-order chi connectivity index (χ0) is 12.7. The summed E-state index contributed by atoms with van der Waals surface area (Å²) >= 11 is 0. The van der Waals surface area contributed by atoms with E-state index in [0.717, 1.165) is 32.4 Å². The van der Waals surface area contributed by atoms with Gasteiger partial charge in [-0.2, -0.15) is 0 Å². The molecule has 17 heavy (non-hydrogen) atoms. The van der Waals surface area contributed by atoms with E-state index in [0.29, 0.717) is 0 Å². The summed E-state index contributed by atoms with van der Waals surface area (Å²) in [7, 11) is 0. The number of unbranched alkanes of at least 4 members (excludes halogenated alkanes) is 1. The Bertz CT molecular complexity index is 336. The van der Waals surface area contributed by atoms with E-state index in [9.17, 15) is 4.79 Å². The number of primary amides is 1. The number of likely N-dealkylation sites (N-methyl/N-ethyl adjacent to an activating group) is 1. The Labute approximate surface area is 102 Å². The molecule has 96 valence electrons. The van der Waals surface area contributed by atoms with Gasteiger partial charge in [0.1, 0.15) is 0 Å². The van der Waals surface area contributed by atoms with Gasteiger partial charge in [0.05, 0.1) is 11.9 Å². The molecule has 0 bridgehead atoms. The van der Waals surface area contributed by atoms with E-state index in [-0.39, 0.29) is 5.91 Å². The molecule has 0 aliphatic heterocycles. The number of amides is 1. The van der Waals surface area contributed by atoms with Crippen molar-refractivity contribution in [2.24, 2.45) is 5.73 Å². The third-order valence-corrected chi connectivity index (χ3v) is 3.01. The molecule has 0 aliphatic carbocycles. The lowest BCUT2D eigenvalue weighted by atomic mass is 9.94. The van der Waals surface area contributed by atoms with Gasteiger partial charge in [-0.3, -0.25) is 4.79 Å². The summed E-state index contributed by atoms with van der Waals surface area (Å²) in [6.45, 7) is 5.53. The summed E-state index contributed by atoms with van der Waals surface area (Å²) in [4.78, 5) is 15.4. The van der Waals surface area contributed by atoms with Crippen LogP contribution in [0.3, 0.4) is 0 Å². The number of imidazole rings is 1. The fourth-order valence-electron chi connectivity index (χ4n) is 1.88. The Morgan fingerprint density at radius 2 is 2.29 bits per heavy atom. The van der Waals surface area contributed by atoms with Crippen LogP contribution in [-0.4, -0.2) is 27.5 Å². The van der Waals surface area contributed by atoms with Crippen molar-refractivity contribution in [3.05, 3.63) is 18.7 Å². The van der Waals surface area contributed by atoms with Gasteiger partial charge in [0.2, 0.25) is 5.91 Å². The molecule has 0 aromatic carbocycles. The van der Waals surface area contributed by atoms with Crippen molar-refractivity contribution in [1.82, 2.24) is 14.9 Å². The summed E-state index contributed by atoms with van der Waals surface area (Å²) in [6.07, 6.45) is 8.27. The minimum Gasteiger partial charge on any atom is -0.368 e. The van der Waals surface area contributed by atoms with E-state index in [1.54, 1.807) is 12.5 Å². The number of rotatable bonds is 8. The lowest BCUT2D eigenvalue weighted by Gasteiger charge is -2.26. The number of aromatic nitrogens is 2. The molecule has 1 unspecified atom stereocenters. The highest BCUT2D eigenvalue weighted by Crippen LogP contribution is 2.13. The third kappa shape index (κ3) is 4.19. The third-order valence-electron chi connectivity index (χ3n) is 3.01. The van der Waals surface area contributed by atoms with Crippen LogP contribution in [0.2, 0.25) is 0 Å². The standard InChI is InChI=1S/C12H22N4O/c1-3-15-12(2,11(13)17)6-4-5-8-16-9-7-14-10-16/h7,9-10,15H,3-6,8H2,1-2H3,(H2,13,17). The fourth-order valence-corrected chi connectivity index (χ4v) is 1.88. The molecule has 0 saturated heterocycles. The van der Waals surface area contributed by atoms with Crippen molar-refractivity contribution in [1.29, 1.82) is 0 Å². The summed E-state index contributed by atoms with van der Waals surface area (Å²) in [5.41, 5.74) is 4.84. The first-order chi connectivity index (χ1) is 8.08. The molecule has 0 fully saturated rings. The first-order valence-corrected chi connectivity index (χ1v) is 6.09. The van der Waals surface area contributed by atoms with E-state index in [2.05, 4.69) is 10.3 Å². The minimum atomic E-state index is -0.580. The predicted octanol–water partition coefficient (Wildman–Crippen LogP) is 0.907. The van der Waals surface area contributed by atoms with Crippen LogP contribution < -0.4 is 11.1 Å². The van der Waals surface area contributed by atoms with Crippen LogP contribution in [0.1, 0.15) is 33.1 Å². The van der Waals surface area contributed by atoms with Gasteiger partial charge in [-0.15, -0.1) is 0 Å². The van der Waals surface area contributed by atoms with Gasteiger partial charge < -0.3 is 15.6 Å². The van der Waals surface area contributed by atoms with Crippen LogP contribution in [0.5, 0.6) is 0 Å². The second-order valence-corrected chi connectivity index (χ2v) is 4.48. The molecule has 1 aromatic rings. The summed E-state index contributed by atoms with van der Waals surface area (Å²) < 4.78 is 2.04. The zero-order valence-corrected chi connectivity index (χ0v) is 10.6. The average molecular weight is 238 g/mol. The largest absolute Gasteiger partial charge is 0.368 e. The molecule has 1 atom stereocenters. The van der Waals surface area contributed by atoms with Gasteiger partial charge in [0.15, 0.2) is 0 Å². The normalized spacial score (nSPS) is 14.5. The molecule has 3 N–H and O–H groups in total. The Balaban J connectivity index is 2.30. The highest BCUT2D eigenvalue weighted by molar-refractivity contribution is 5.84. The highest BCUT2D eigenvalue weighted by atomic mass is 16.1. The number of nitrogens with one attached hydrogen (secondary N) is 1. The van der Waals surface area contributed by atoms with Gasteiger partial charge in [-0.25, -0.2) is 4.98 Å². The zero-order valence-electron chi connectivity index (χ0n) is 10.6. The molecule has 1 rings (SSSR count). The van der Waals surface area contributed by atoms with Crippen LogP contribution in [0.4, 0.5) is 0 Å². The molecule has 0 radical (unpaired) electrons. The minimum absolute atomic E-state index is 0.276.